The molecular formula is C18H22N2O4S2. The second-order valence-electron chi connectivity index (χ2n) is 5.39. The number of nitrogens with zero attached hydrogens (tertiary/aromatic N) is 1. The maximum atomic E-state index is 12.8. The van der Waals surface area contributed by atoms with E-state index in [0.717, 1.165) is 11.3 Å². The van der Waals surface area contributed by atoms with Gasteiger partial charge in [-0.1, -0.05) is 6.07 Å². The van der Waals surface area contributed by atoms with E-state index in [1.165, 1.54) is 11.3 Å². The lowest BCUT2D eigenvalue weighted by molar-refractivity contribution is 0.0527. The molecule has 0 aliphatic carbocycles. The highest BCUT2D eigenvalue weighted by molar-refractivity contribution is 7.19. The molecule has 0 bridgehead atoms. The molecule has 2 aromatic heterocycles. The molecule has 0 saturated carbocycles. The predicted molar refractivity (Wildman–Crippen MR) is 105 cm³/mol. The minimum atomic E-state index is -0.540. The summed E-state index contributed by atoms with van der Waals surface area (Å²) in [5, 5.41) is 4.91. The van der Waals surface area contributed by atoms with Crippen molar-refractivity contribution in [3.05, 3.63) is 38.4 Å². The summed E-state index contributed by atoms with van der Waals surface area (Å²) in [6.45, 7) is 8.57. The van der Waals surface area contributed by atoms with Crippen molar-refractivity contribution in [2.75, 3.05) is 25.0 Å². The van der Waals surface area contributed by atoms with Gasteiger partial charge >= 0.3 is 5.97 Å². The van der Waals surface area contributed by atoms with Gasteiger partial charge in [-0.05, 0) is 44.7 Å². The highest BCUT2D eigenvalue weighted by Gasteiger charge is 2.28. The monoisotopic (exact) mass is 394 g/mol. The summed E-state index contributed by atoms with van der Waals surface area (Å²) in [4.78, 5) is 40.2. The van der Waals surface area contributed by atoms with Crippen molar-refractivity contribution in [1.82, 2.24) is 4.90 Å². The number of thiophene rings is 2. The molecule has 140 valence electrons. The fourth-order valence-electron chi connectivity index (χ4n) is 2.48. The molecule has 0 radical (unpaired) electrons. The Labute approximate surface area is 160 Å². The third-order valence-electron chi connectivity index (χ3n) is 3.84. The van der Waals surface area contributed by atoms with Crippen LogP contribution in [0.2, 0.25) is 0 Å². The molecule has 0 aliphatic rings. The van der Waals surface area contributed by atoms with Gasteiger partial charge in [0.15, 0.2) is 0 Å². The van der Waals surface area contributed by atoms with Crippen LogP contribution < -0.4 is 5.32 Å². The maximum Gasteiger partial charge on any atom is 0.341 e. The van der Waals surface area contributed by atoms with Crippen LogP contribution in [0.3, 0.4) is 0 Å². The van der Waals surface area contributed by atoms with E-state index in [1.807, 2.05) is 13.8 Å². The van der Waals surface area contributed by atoms with E-state index >= 15 is 0 Å². The van der Waals surface area contributed by atoms with E-state index in [4.69, 9.17) is 4.74 Å². The van der Waals surface area contributed by atoms with Gasteiger partial charge in [-0.2, -0.15) is 0 Å². The van der Waals surface area contributed by atoms with E-state index in [0.29, 0.717) is 33.4 Å². The van der Waals surface area contributed by atoms with Crippen LogP contribution in [0.1, 0.15) is 56.0 Å². The summed E-state index contributed by atoms with van der Waals surface area (Å²) in [5.74, 6) is -1.00. The molecule has 0 saturated heterocycles. The molecule has 0 spiro atoms. The smallest absolute Gasteiger partial charge is 0.341 e. The minimum absolute atomic E-state index is 0.153. The van der Waals surface area contributed by atoms with Crippen molar-refractivity contribution in [1.29, 1.82) is 0 Å². The Balaban J connectivity index is 2.44. The Morgan fingerprint density at radius 3 is 2.42 bits per heavy atom. The molecular weight excluding hydrogens is 372 g/mol. The molecule has 0 atom stereocenters. The van der Waals surface area contributed by atoms with Gasteiger partial charge < -0.3 is 15.0 Å². The first kappa shape index (κ1) is 20.1. The summed E-state index contributed by atoms with van der Waals surface area (Å²) in [5.41, 5.74) is 0.782. The Hall–Kier alpha value is -2.19. The third-order valence-corrected chi connectivity index (χ3v) is 5.91. The number of carbonyl (C=O) groups excluding carboxylic acids is 3. The zero-order valence-electron chi connectivity index (χ0n) is 15.3. The average molecular weight is 395 g/mol. The van der Waals surface area contributed by atoms with Crippen molar-refractivity contribution in [3.63, 3.8) is 0 Å². The quantitative estimate of drug-likeness (QED) is 0.720. The van der Waals surface area contributed by atoms with Gasteiger partial charge in [0.2, 0.25) is 0 Å². The van der Waals surface area contributed by atoms with Gasteiger partial charge in [0.1, 0.15) is 5.00 Å². The summed E-state index contributed by atoms with van der Waals surface area (Å²) in [6.07, 6.45) is 0. The Kier molecular flexibility index (Phi) is 6.93. The molecule has 0 aromatic carbocycles. The molecule has 0 aliphatic heterocycles. The number of amides is 2. The molecule has 0 fully saturated rings. The maximum absolute atomic E-state index is 12.8. The summed E-state index contributed by atoms with van der Waals surface area (Å²) in [6, 6.07) is 3.48. The molecule has 2 rings (SSSR count). The second kappa shape index (κ2) is 8.95. The molecule has 1 N–H and O–H groups in total. The predicted octanol–water partition coefficient (Wildman–Crippen LogP) is 4.03. The van der Waals surface area contributed by atoms with Gasteiger partial charge in [0.05, 0.1) is 21.9 Å². The zero-order chi connectivity index (χ0) is 19.3. The normalized spacial score (nSPS) is 10.5. The number of ether oxygens (including phenoxy) is 1. The van der Waals surface area contributed by atoms with Gasteiger partial charge in [-0.15, -0.1) is 22.7 Å². The molecule has 6 nitrogen and oxygen atoms in total. The van der Waals surface area contributed by atoms with Gasteiger partial charge in [-0.3, -0.25) is 9.59 Å². The average Bonchev–Trinajstić information content (AvgIpc) is 3.24. The molecule has 26 heavy (non-hydrogen) atoms. The SMILES string of the molecule is CCOC(=O)c1c(NC(=O)c2cccs2)sc(C(=O)N(CC)CC)c1C. The number of nitrogens with one attached hydrogen (secondary N) is 1. The first-order valence-corrected chi connectivity index (χ1v) is 10.1. The number of carbonyl (C=O) groups is 3. The lowest BCUT2D eigenvalue weighted by atomic mass is 10.1. The van der Waals surface area contributed by atoms with Crippen molar-refractivity contribution in [2.24, 2.45) is 0 Å². The van der Waals surface area contributed by atoms with E-state index in [2.05, 4.69) is 5.32 Å². The van der Waals surface area contributed by atoms with E-state index in [-0.39, 0.29) is 24.0 Å². The highest BCUT2D eigenvalue weighted by Crippen LogP contribution is 2.35. The molecule has 8 heteroatoms. The fourth-order valence-corrected chi connectivity index (χ4v) is 4.26. The summed E-state index contributed by atoms with van der Waals surface area (Å²) < 4.78 is 5.12. The number of rotatable bonds is 7. The number of hydrogen-bond acceptors (Lipinski definition) is 6. The van der Waals surface area contributed by atoms with Crippen LogP contribution in [0.25, 0.3) is 0 Å². The van der Waals surface area contributed by atoms with Crippen LogP contribution in [-0.4, -0.2) is 42.4 Å². The molecule has 2 amide bonds. The molecule has 2 heterocycles. The van der Waals surface area contributed by atoms with Gasteiger partial charge in [0, 0.05) is 13.1 Å². The van der Waals surface area contributed by atoms with Crippen LogP contribution in [0.4, 0.5) is 5.00 Å². The first-order valence-electron chi connectivity index (χ1n) is 8.39. The first-order chi connectivity index (χ1) is 12.4. The van der Waals surface area contributed by atoms with Gasteiger partial charge in [0.25, 0.3) is 11.8 Å². The Bertz CT molecular complexity index is 792. The minimum Gasteiger partial charge on any atom is -0.462 e. The summed E-state index contributed by atoms with van der Waals surface area (Å²) in [7, 11) is 0. The van der Waals surface area contributed by atoms with Crippen LogP contribution in [0.5, 0.6) is 0 Å². The lowest BCUT2D eigenvalue weighted by Crippen LogP contribution is -2.30. The summed E-state index contributed by atoms with van der Waals surface area (Å²) >= 11 is 2.42. The van der Waals surface area contributed by atoms with Crippen molar-refractivity contribution in [3.8, 4) is 0 Å². The third kappa shape index (κ3) is 4.13. The largest absolute Gasteiger partial charge is 0.462 e. The van der Waals surface area contributed by atoms with E-state index in [1.54, 1.807) is 36.3 Å². The van der Waals surface area contributed by atoms with Crippen LogP contribution >= 0.6 is 22.7 Å². The van der Waals surface area contributed by atoms with E-state index in [9.17, 15) is 14.4 Å². The second-order valence-corrected chi connectivity index (χ2v) is 7.36. The van der Waals surface area contributed by atoms with Crippen molar-refractivity contribution >= 4 is 45.5 Å². The number of anilines is 1. The topological polar surface area (TPSA) is 75.7 Å². The number of hydrogen-bond donors (Lipinski definition) is 1. The van der Waals surface area contributed by atoms with Gasteiger partial charge in [-0.25, -0.2) is 4.79 Å². The van der Waals surface area contributed by atoms with Crippen molar-refractivity contribution in [2.45, 2.75) is 27.7 Å². The van der Waals surface area contributed by atoms with E-state index < -0.39 is 5.97 Å². The molecule has 0 unspecified atom stereocenters. The lowest BCUT2D eigenvalue weighted by Gasteiger charge is -2.18. The van der Waals surface area contributed by atoms with Crippen LogP contribution in [0, 0.1) is 6.92 Å². The van der Waals surface area contributed by atoms with Crippen LogP contribution in [-0.2, 0) is 4.74 Å². The Morgan fingerprint density at radius 2 is 1.88 bits per heavy atom. The van der Waals surface area contributed by atoms with Crippen LogP contribution in [0.15, 0.2) is 17.5 Å². The molecule has 2 aromatic rings. The highest BCUT2D eigenvalue weighted by atomic mass is 32.1. The standard InChI is InChI=1S/C18H22N2O4S2/c1-5-20(6-2)17(22)14-11(4)13(18(23)24-7-3)16(26-14)19-15(21)12-9-8-10-25-12/h8-10H,5-7H2,1-4H3,(H,19,21). The number of esters is 1. The Morgan fingerprint density at radius 1 is 1.19 bits per heavy atom. The zero-order valence-corrected chi connectivity index (χ0v) is 16.9. The van der Waals surface area contributed by atoms with Crippen molar-refractivity contribution < 1.29 is 19.1 Å². The fraction of sp³-hybridized carbons (Fsp3) is 0.389.